The lowest BCUT2D eigenvalue weighted by molar-refractivity contribution is -0.137. The zero-order valence-corrected chi connectivity index (χ0v) is 16.8. The summed E-state index contributed by atoms with van der Waals surface area (Å²) in [6.07, 6.45) is -2.31. The van der Waals surface area contributed by atoms with Crippen molar-refractivity contribution < 1.29 is 18.0 Å². The Morgan fingerprint density at radius 3 is 2.26 bits per heavy atom. The number of amides is 1. The number of carbonyl (C=O) groups is 1. The van der Waals surface area contributed by atoms with E-state index in [0.717, 1.165) is 29.1 Å². The van der Waals surface area contributed by atoms with Gasteiger partial charge in [0, 0.05) is 36.5 Å². The Hall–Kier alpha value is -3.35. The van der Waals surface area contributed by atoms with Crippen molar-refractivity contribution in [2.24, 2.45) is 5.92 Å². The first-order valence-electron chi connectivity index (χ1n) is 10.2. The molecule has 4 rings (SSSR count). The van der Waals surface area contributed by atoms with E-state index in [2.05, 4.69) is 10.3 Å². The van der Waals surface area contributed by atoms with Gasteiger partial charge in [-0.2, -0.15) is 13.2 Å². The summed E-state index contributed by atoms with van der Waals surface area (Å²) >= 11 is 0. The Balaban J connectivity index is 1.38. The highest BCUT2D eigenvalue weighted by molar-refractivity contribution is 5.96. The van der Waals surface area contributed by atoms with Gasteiger partial charge in [-0.25, -0.2) is 4.98 Å². The van der Waals surface area contributed by atoms with Crippen molar-refractivity contribution in [2.75, 3.05) is 23.3 Å². The molecule has 1 aromatic heterocycles. The number of benzene rings is 2. The number of carbonyl (C=O) groups excluding carboxylic acids is 1. The fourth-order valence-corrected chi connectivity index (χ4v) is 3.81. The molecular weight excluding hydrogens is 403 g/mol. The van der Waals surface area contributed by atoms with Gasteiger partial charge in [-0.1, -0.05) is 48.5 Å². The number of aromatic nitrogens is 1. The van der Waals surface area contributed by atoms with Crippen LogP contribution in [0.5, 0.6) is 0 Å². The predicted molar refractivity (Wildman–Crippen MR) is 115 cm³/mol. The minimum atomic E-state index is -4.40. The highest BCUT2D eigenvalue weighted by Gasteiger charge is 2.31. The number of nitrogens with one attached hydrogen (secondary N) is 1. The summed E-state index contributed by atoms with van der Waals surface area (Å²) in [7, 11) is 0. The third-order valence-electron chi connectivity index (χ3n) is 5.53. The molecular formula is C24H22F3N3O. The van der Waals surface area contributed by atoms with Crippen LogP contribution in [0.25, 0.3) is 11.1 Å². The Kier molecular flexibility index (Phi) is 5.93. The maximum atomic E-state index is 12.9. The minimum absolute atomic E-state index is 0.0385. The molecule has 0 radical (unpaired) electrons. The molecule has 1 amide bonds. The van der Waals surface area contributed by atoms with Gasteiger partial charge in [-0.3, -0.25) is 4.79 Å². The zero-order chi connectivity index (χ0) is 21.8. The van der Waals surface area contributed by atoms with E-state index in [-0.39, 0.29) is 11.8 Å². The maximum Gasteiger partial charge on any atom is 0.417 e. The number of hydrogen-bond acceptors (Lipinski definition) is 3. The molecule has 0 bridgehead atoms. The minimum Gasteiger partial charge on any atom is -0.357 e. The van der Waals surface area contributed by atoms with Gasteiger partial charge in [0.2, 0.25) is 5.91 Å². The number of piperidine rings is 1. The van der Waals surface area contributed by atoms with E-state index >= 15 is 0 Å². The molecule has 2 heterocycles. The quantitative estimate of drug-likeness (QED) is 0.590. The van der Waals surface area contributed by atoms with Crippen molar-refractivity contribution in [3.8, 4) is 11.1 Å². The zero-order valence-electron chi connectivity index (χ0n) is 16.8. The van der Waals surface area contributed by atoms with E-state index < -0.39 is 11.7 Å². The molecule has 160 valence electrons. The molecule has 1 aliphatic rings. The summed E-state index contributed by atoms with van der Waals surface area (Å²) in [4.78, 5) is 18.8. The first kappa shape index (κ1) is 20.9. The third kappa shape index (κ3) is 4.87. The lowest BCUT2D eigenvalue weighted by Gasteiger charge is -2.32. The van der Waals surface area contributed by atoms with Crippen LogP contribution in [0.3, 0.4) is 0 Å². The molecule has 7 heteroatoms. The molecule has 2 aromatic carbocycles. The van der Waals surface area contributed by atoms with Gasteiger partial charge >= 0.3 is 6.18 Å². The van der Waals surface area contributed by atoms with Crippen molar-refractivity contribution >= 4 is 17.4 Å². The Morgan fingerprint density at radius 1 is 0.935 bits per heavy atom. The van der Waals surface area contributed by atoms with Crippen LogP contribution < -0.4 is 10.2 Å². The lowest BCUT2D eigenvalue weighted by atomic mass is 9.95. The normalized spacial score (nSPS) is 15.0. The van der Waals surface area contributed by atoms with Gasteiger partial charge in [0.1, 0.15) is 5.82 Å². The van der Waals surface area contributed by atoms with Crippen molar-refractivity contribution in [3.05, 3.63) is 78.5 Å². The summed E-state index contributed by atoms with van der Waals surface area (Å²) in [6, 6.07) is 20.0. The van der Waals surface area contributed by atoms with Gasteiger partial charge in [-0.15, -0.1) is 0 Å². The average Bonchev–Trinajstić information content (AvgIpc) is 2.80. The fourth-order valence-electron chi connectivity index (χ4n) is 3.81. The van der Waals surface area contributed by atoms with Crippen LogP contribution in [0.15, 0.2) is 72.9 Å². The highest BCUT2D eigenvalue weighted by atomic mass is 19.4. The van der Waals surface area contributed by atoms with E-state index in [9.17, 15) is 18.0 Å². The molecule has 1 fully saturated rings. The summed E-state index contributed by atoms with van der Waals surface area (Å²) in [5, 5.41) is 3.06. The largest absolute Gasteiger partial charge is 0.417 e. The van der Waals surface area contributed by atoms with E-state index in [0.29, 0.717) is 31.7 Å². The smallest absolute Gasteiger partial charge is 0.357 e. The molecule has 31 heavy (non-hydrogen) atoms. The SMILES string of the molecule is O=C(Nc1ccccc1-c1ccccc1)C1CCN(c2ccc(C(F)(F)F)cn2)CC1. The summed E-state index contributed by atoms with van der Waals surface area (Å²) in [5.74, 6) is 0.305. The Labute approximate surface area is 178 Å². The number of nitrogens with zero attached hydrogens (tertiary/aromatic N) is 2. The first-order chi connectivity index (χ1) is 14.9. The van der Waals surface area contributed by atoms with E-state index in [1.165, 1.54) is 6.07 Å². The molecule has 0 saturated carbocycles. The van der Waals surface area contributed by atoms with Crippen LogP contribution in [0.1, 0.15) is 18.4 Å². The number of para-hydroxylation sites is 1. The van der Waals surface area contributed by atoms with Gasteiger partial charge in [-0.05, 0) is 36.6 Å². The second-order valence-corrected chi connectivity index (χ2v) is 7.57. The molecule has 0 spiro atoms. The van der Waals surface area contributed by atoms with E-state index in [4.69, 9.17) is 0 Å². The third-order valence-corrected chi connectivity index (χ3v) is 5.53. The van der Waals surface area contributed by atoms with Crippen LogP contribution in [0.2, 0.25) is 0 Å². The Bertz CT molecular complexity index is 1030. The second-order valence-electron chi connectivity index (χ2n) is 7.57. The fraction of sp³-hybridized carbons (Fsp3) is 0.250. The van der Waals surface area contributed by atoms with Crippen LogP contribution >= 0.6 is 0 Å². The number of rotatable bonds is 4. The van der Waals surface area contributed by atoms with Crippen molar-refractivity contribution in [2.45, 2.75) is 19.0 Å². The van der Waals surface area contributed by atoms with Gasteiger partial charge < -0.3 is 10.2 Å². The van der Waals surface area contributed by atoms with E-state index in [1.54, 1.807) is 0 Å². The standard InChI is InChI=1S/C24H22F3N3O/c25-24(26,27)19-10-11-22(28-16-19)30-14-12-18(13-15-30)23(31)29-21-9-5-4-8-20(21)17-6-2-1-3-7-17/h1-11,16,18H,12-15H2,(H,29,31). The number of anilines is 2. The summed E-state index contributed by atoms with van der Waals surface area (Å²) in [6.45, 7) is 1.13. The lowest BCUT2D eigenvalue weighted by Crippen LogP contribution is -2.38. The van der Waals surface area contributed by atoms with Crippen LogP contribution in [0, 0.1) is 5.92 Å². The number of alkyl halides is 3. The highest BCUT2D eigenvalue weighted by Crippen LogP contribution is 2.31. The van der Waals surface area contributed by atoms with Gasteiger partial charge in [0.15, 0.2) is 0 Å². The monoisotopic (exact) mass is 425 g/mol. The second kappa shape index (κ2) is 8.79. The van der Waals surface area contributed by atoms with Gasteiger partial charge in [0.25, 0.3) is 0 Å². The number of hydrogen-bond donors (Lipinski definition) is 1. The molecule has 1 N–H and O–H groups in total. The molecule has 3 aromatic rings. The van der Waals surface area contributed by atoms with Gasteiger partial charge in [0.05, 0.1) is 5.56 Å². The predicted octanol–water partition coefficient (Wildman–Crippen LogP) is 5.62. The summed E-state index contributed by atoms with van der Waals surface area (Å²) in [5.41, 5.74) is 2.00. The molecule has 1 saturated heterocycles. The first-order valence-corrected chi connectivity index (χ1v) is 10.2. The van der Waals surface area contributed by atoms with Crippen LogP contribution in [0.4, 0.5) is 24.7 Å². The maximum absolute atomic E-state index is 12.9. The topological polar surface area (TPSA) is 45.2 Å². The van der Waals surface area contributed by atoms with E-state index in [1.807, 2.05) is 59.5 Å². The van der Waals surface area contributed by atoms with Crippen molar-refractivity contribution in [1.82, 2.24) is 4.98 Å². The molecule has 1 aliphatic heterocycles. The molecule has 4 nitrogen and oxygen atoms in total. The number of pyridine rings is 1. The Morgan fingerprint density at radius 2 is 1.61 bits per heavy atom. The molecule has 0 unspecified atom stereocenters. The van der Waals surface area contributed by atoms with Crippen molar-refractivity contribution in [1.29, 1.82) is 0 Å². The van der Waals surface area contributed by atoms with Crippen molar-refractivity contribution in [3.63, 3.8) is 0 Å². The molecule has 0 aliphatic carbocycles. The number of halogens is 3. The van der Waals surface area contributed by atoms with Crippen LogP contribution in [-0.4, -0.2) is 24.0 Å². The summed E-state index contributed by atoms with van der Waals surface area (Å²) < 4.78 is 38.2. The molecule has 0 atom stereocenters. The van der Waals surface area contributed by atoms with Crippen LogP contribution in [-0.2, 0) is 11.0 Å². The average molecular weight is 425 g/mol.